The predicted octanol–water partition coefficient (Wildman–Crippen LogP) is 5.38. The summed E-state index contributed by atoms with van der Waals surface area (Å²) in [5.74, 6) is 0. The van der Waals surface area contributed by atoms with Crippen molar-refractivity contribution in [3.8, 4) is 0 Å². The van der Waals surface area contributed by atoms with Crippen LogP contribution in [0.25, 0.3) is 0 Å². The van der Waals surface area contributed by atoms with Crippen LogP contribution >= 0.6 is 34.5 Å². The second-order valence-corrected chi connectivity index (χ2v) is 7.20. The highest BCUT2D eigenvalue weighted by Gasteiger charge is 2.12. The number of benzene rings is 1. The lowest BCUT2D eigenvalue weighted by Gasteiger charge is -2.17. The van der Waals surface area contributed by atoms with E-state index >= 15 is 0 Å². The van der Waals surface area contributed by atoms with Crippen molar-refractivity contribution in [1.29, 1.82) is 0 Å². The van der Waals surface area contributed by atoms with Crippen LogP contribution in [-0.2, 0) is 19.3 Å². The van der Waals surface area contributed by atoms with Gasteiger partial charge in [-0.15, -0.1) is 11.3 Å². The molecule has 0 saturated carbocycles. The summed E-state index contributed by atoms with van der Waals surface area (Å²) in [5.41, 5.74) is 1.22. The Morgan fingerprint density at radius 2 is 1.76 bits per heavy atom. The molecule has 0 fully saturated rings. The third kappa shape index (κ3) is 5.00. The molecule has 0 aliphatic heterocycles. The minimum Gasteiger partial charge on any atom is -0.314 e. The van der Waals surface area contributed by atoms with E-state index in [1.807, 2.05) is 23.5 Å². The first kappa shape index (κ1) is 16.8. The minimum absolute atomic E-state index is 0.426. The van der Waals surface area contributed by atoms with Gasteiger partial charge in [-0.1, -0.05) is 43.1 Å². The highest BCUT2D eigenvalue weighted by molar-refractivity contribution is 7.11. The molecule has 1 unspecified atom stereocenters. The summed E-state index contributed by atoms with van der Waals surface area (Å²) in [6.07, 6.45) is 3.13. The van der Waals surface area contributed by atoms with Crippen molar-refractivity contribution in [3.05, 3.63) is 55.7 Å². The minimum atomic E-state index is 0.426. The summed E-state index contributed by atoms with van der Waals surface area (Å²) in [6, 6.07) is 10.8. The fourth-order valence-corrected chi connectivity index (χ4v) is 3.78. The molecule has 1 aromatic heterocycles. The topological polar surface area (TPSA) is 12.0 Å². The first-order chi connectivity index (χ1) is 10.1. The van der Waals surface area contributed by atoms with E-state index in [2.05, 4.69) is 37.4 Å². The van der Waals surface area contributed by atoms with E-state index in [4.69, 9.17) is 23.2 Å². The maximum Gasteiger partial charge on any atom is 0.0595 e. The maximum atomic E-state index is 6.11. The zero-order valence-electron chi connectivity index (χ0n) is 12.5. The number of halogens is 2. The summed E-state index contributed by atoms with van der Waals surface area (Å²) in [4.78, 5) is 2.90. The van der Waals surface area contributed by atoms with Crippen molar-refractivity contribution in [2.75, 3.05) is 6.54 Å². The van der Waals surface area contributed by atoms with Crippen LogP contribution in [0.1, 0.15) is 29.2 Å². The van der Waals surface area contributed by atoms with E-state index in [1.54, 1.807) is 0 Å². The molecule has 0 aliphatic rings. The third-order valence-corrected chi connectivity index (χ3v) is 5.46. The summed E-state index contributed by atoms with van der Waals surface area (Å²) in [5, 5.41) is 4.82. The SMILES string of the molecule is CCNC(Cc1ccc(Cl)c(Cl)c1)Cc1ccc(CC)s1. The standard InChI is InChI=1S/C17H21Cl2NS/c1-3-14-6-7-15(21-14)11-13(20-4-2)9-12-5-8-16(18)17(19)10-12/h5-8,10,13,20H,3-4,9,11H2,1-2H3. The predicted molar refractivity (Wildman–Crippen MR) is 95.0 cm³/mol. The monoisotopic (exact) mass is 341 g/mol. The lowest BCUT2D eigenvalue weighted by atomic mass is 10.0. The lowest BCUT2D eigenvalue weighted by molar-refractivity contribution is 0.524. The Morgan fingerprint density at radius 3 is 2.38 bits per heavy atom. The van der Waals surface area contributed by atoms with Gasteiger partial charge in [0.25, 0.3) is 0 Å². The molecule has 4 heteroatoms. The van der Waals surface area contributed by atoms with E-state index in [0.717, 1.165) is 25.8 Å². The molecule has 21 heavy (non-hydrogen) atoms. The zero-order valence-corrected chi connectivity index (χ0v) is 14.8. The molecule has 0 amide bonds. The average Bonchev–Trinajstić information content (AvgIpc) is 2.91. The molecule has 1 atom stereocenters. The van der Waals surface area contributed by atoms with Crippen LogP contribution in [0.3, 0.4) is 0 Å². The van der Waals surface area contributed by atoms with Gasteiger partial charge in [-0.25, -0.2) is 0 Å². The van der Waals surface area contributed by atoms with Crippen LogP contribution in [0.15, 0.2) is 30.3 Å². The summed E-state index contributed by atoms with van der Waals surface area (Å²) in [7, 11) is 0. The van der Waals surface area contributed by atoms with Gasteiger partial charge in [-0.2, -0.15) is 0 Å². The molecule has 1 heterocycles. The fraction of sp³-hybridized carbons (Fsp3) is 0.412. The Morgan fingerprint density at radius 1 is 1.00 bits per heavy atom. The number of nitrogens with one attached hydrogen (secondary N) is 1. The van der Waals surface area contributed by atoms with Gasteiger partial charge in [0.05, 0.1) is 10.0 Å². The number of hydrogen-bond acceptors (Lipinski definition) is 2. The number of hydrogen-bond donors (Lipinski definition) is 1. The molecule has 2 rings (SSSR count). The van der Waals surface area contributed by atoms with Gasteiger partial charge in [-0.05, 0) is 55.6 Å². The molecule has 1 N–H and O–H groups in total. The smallest absolute Gasteiger partial charge is 0.0595 e. The normalized spacial score (nSPS) is 12.6. The van der Waals surface area contributed by atoms with E-state index in [-0.39, 0.29) is 0 Å². The van der Waals surface area contributed by atoms with Crippen molar-refractivity contribution in [3.63, 3.8) is 0 Å². The molecular formula is C17H21Cl2NS. The Labute approximate surface area is 141 Å². The number of likely N-dealkylation sites (N-methyl/N-ethyl adjacent to an activating group) is 1. The number of aryl methyl sites for hydroxylation is 1. The van der Waals surface area contributed by atoms with E-state index in [1.165, 1.54) is 15.3 Å². The molecule has 0 spiro atoms. The summed E-state index contributed by atoms with van der Waals surface area (Å²) in [6.45, 7) is 5.32. The second-order valence-electron chi connectivity index (χ2n) is 5.13. The van der Waals surface area contributed by atoms with Crippen LogP contribution in [0.2, 0.25) is 10.0 Å². The van der Waals surface area contributed by atoms with Crippen molar-refractivity contribution in [2.45, 2.75) is 39.2 Å². The molecule has 0 radical (unpaired) electrons. The lowest BCUT2D eigenvalue weighted by Crippen LogP contribution is -2.32. The van der Waals surface area contributed by atoms with Crippen molar-refractivity contribution in [2.24, 2.45) is 0 Å². The molecule has 0 bridgehead atoms. The Balaban J connectivity index is 2.05. The molecule has 2 aromatic rings. The van der Waals surface area contributed by atoms with Gasteiger partial charge >= 0.3 is 0 Å². The average molecular weight is 342 g/mol. The highest BCUT2D eigenvalue weighted by atomic mass is 35.5. The number of rotatable bonds is 7. The zero-order chi connectivity index (χ0) is 15.2. The highest BCUT2D eigenvalue weighted by Crippen LogP contribution is 2.24. The largest absolute Gasteiger partial charge is 0.314 e. The van der Waals surface area contributed by atoms with Crippen LogP contribution in [0, 0.1) is 0 Å². The van der Waals surface area contributed by atoms with E-state index in [0.29, 0.717) is 16.1 Å². The molecule has 0 aliphatic carbocycles. The first-order valence-corrected chi connectivity index (χ1v) is 8.94. The van der Waals surface area contributed by atoms with E-state index in [9.17, 15) is 0 Å². The summed E-state index contributed by atoms with van der Waals surface area (Å²) >= 11 is 14.0. The van der Waals surface area contributed by atoms with Gasteiger partial charge in [0.1, 0.15) is 0 Å². The Kier molecular flexibility index (Phi) is 6.56. The van der Waals surface area contributed by atoms with Crippen molar-refractivity contribution < 1.29 is 0 Å². The van der Waals surface area contributed by atoms with Crippen molar-refractivity contribution >= 4 is 34.5 Å². The second kappa shape index (κ2) is 8.19. The van der Waals surface area contributed by atoms with Gasteiger partial charge in [-0.3, -0.25) is 0 Å². The number of thiophene rings is 1. The summed E-state index contributed by atoms with van der Waals surface area (Å²) < 4.78 is 0. The molecule has 0 saturated heterocycles. The van der Waals surface area contributed by atoms with Gasteiger partial charge in [0.2, 0.25) is 0 Å². The van der Waals surface area contributed by atoms with Gasteiger partial charge < -0.3 is 5.32 Å². The van der Waals surface area contributed by atoms with Crippen LogP contribution in [-0.4, -0.2) is 12.6 Å². The maximum absolute atomic E-state index is 6.11. The molecule has 114 valence electrons. The van der Waals surface area contributed by atoms with Crippen LogP contribution < -0.4 is 5.32 Å². The van der Waals surface area contributed by atoms with Gasteiger partial charge in [0.15, 0.2) is 0 Å². The fourth-order valence-electron chi connectivity index (χ4n) is 2.42. The Hall–Kier alpha value is -0.540. The molecular weight excluding hydrogens is 321 g/mol. The Bertz CT molecular complexity index is 580. The third-order valence-electron chi connectivity index (χ3n) is 3.47. The van der Waals surface area contributed by atoms with Crippen LogP contribution in [0.4, 0.5) is 0 Å². The van der Waals surface area contributed by atoms with E-state index < -0.39 is 0 Å². The molecule has 1 aromatic carbocycles. The molecule has 1 nitrogen and oxygen atoms in total. The quantitative estimate of drug-likeness (QED) is 0.712. The van der Waals surface area contributed by atoms with Gasteiger partial charge in [0, 0.05) is 15.8 Å². The van der Waals surface area contributed by atoms with Crippen LogP contribution in [0.5, 0.6) is 0 Å². The van der Waals surface area contributed by atoms with Crippen molar-refractivity contribution in [1.82, 2.24) is 5.32 Å². The first-order valence-electron chi connectivity index (χ1n) is 7.37.